The van der Waals surface area contributed by atoms with Gasteiger partial charge in [0.05, 0.1) is 11.7 Å². The lowest BCUT2D eigenvalue weighted by Crippen LogP contribution is -2.29. The molecule has 2 N–H and O–H groups in total. The van der Waals surface area contributed by atoms with Crippen LogP contribution in [-0.2, 0) is 4.79 Å². The quantitative estimate of drug-likeness (QED) is 0.841. The summed E-state index contributed by atoms with van der Waals surface area (Å²) in [6.45, 7) is 2.67. The van der Waals surface area contributed by atoms with Crippen LogP contribution in [0.1, 0.15) is 24.9 Å². The number of carbonyl (C=O) groups excluding carboxylic acids is 1. The van der Waals surface area contributed by atoms with Gasteiger partial charge in [0.2, 0.25) is 5.91 Å². The Bertz CT molecular complexity index is 551. The summed E-state index contributed by atoms with van der Waals surface area (Å²) >= 11 is 0. The summed E-state index contributed by atoms with van der Waals surface area (Å²) in [4.78, 5) is 11.7. The third-order valence-electron chi connectivity index (χ3n) is 3.12. The molecule has 106 valence electrons. The summed E-state index contributed by atoms with van der Waals surface area (Å²) in [5.74, 6) is 0.0522. The van der Waals surface area contributed by atoms with E-state index in [1.165, 1.54) is 0 Å². The van der Waals surface area contributed by atoms with Gasteiger partial charge in [0.1, 0.15) is 0 Å². The zero-order valence-electron chi connectivity index (χ0n) is 11.8. The average Bonchev–Trinajstić information content (AvgIpc) is 2.99. The third kappa shape index (κ3) is 3.68. The number of hydrogen-bond acceptors (Lipinski definition) is 3. The lowest BCUT2D eigenvalue weighted by atomic mass is 10.1. The number of amides is 1. The molecule has 0 aliphatic heterocycles. The highest BCUT2D eigenvalue weighted by Gasteiger charge is 2.10. The molecule has 5 nitrogen and oxygen atoms in total. The van der Waals surface area contributed by atoms with Crippen LogP contribution in [0.3, 0.4) is 0 Å². The van der Waals surface area contributed by atoms with Crippen LogP contribution in [0, 0.1) is 0 Å². The largest absolute Gasteiger partial charge is 0.350 e. The van der Waals surface area contributed by atoms with Crippen molar-refractivity contribution in [3.05, 3.63) is 48.3 Å². The van der Waals surface area contributed by atoms with Crippen molar-refractivity contribution in [2.45, 2.75) is 19.4 Å². The van der Waals surface area contributed by atoms with Crippen LogP contribution >= 0.6 is 0 Å². The van der Waals surface area contributed by atoms with Gasteiger partial charge < -0.3 is 10.6 Å². The number of hydrogen-bond donors (Lipinski definition) is 2. The minimum atomic E-state index is -0.0186. The van der Waals surface area contributed by atoms with Gasteiger partial charge in [-0.05, 0) is 37.7 Å². The van der Waals surface area contributed by atoms with Crippen molar-refractivity contribution in [1.29, 1.82) is 0 Å². The first-order chi connectivity index (χ1) is 9.70. The van der Waals surface area contributed by atoms with E-state index in [4.69, 9.17) is 0 Å². The van der Waals surface area contributed by atoms with E-state index in [0.29, 0.717) is 13.0 Å². The fraction of sp³-hybridized carbons (Fsp3) is 0.333. The topological polar surface area (TPSA) is 59.0 Å². The molecule has 0 fully saturated rings. The molecular weight excluding hydrogens is 252 g/mol. The molecule has 1 aromatic carbocycles. The molecule has 0 aliphatic rings. The zero-order valence-corrected chi connectivity index (χ0v) is 11.8. The summed E-state index contributed by atoms with van der Waals surface area (Å²) in [6, 6.07) is 9.88. The molecule has 2 aromatic rings. The highest BCUT2D eigenvalue weighted by molar-refractivity contribution is 5.76. The Kier molecular flexibility index (Phi) is 4.90. The molecule has 5 heteroatoms. The van der Waals surface area contributed by atoms with Gasteiger partial charge >= 0.3 is 0 Å². The number of rotatable bonds is 6. The molecule has 0 radical (unpaired) electrons. The SMILES string of the molecule is CNCCC(=O)NC(C)c1cccc(-n2cccn2)c1. The van der Waals surface area contributed by atoms with Crippen LogP contribution in [0.4, 0.5) is 0 Å². The second-order valence-corrected chi connectivity index (χ2v) is 4.69. The van der Waals surface area contributed by atoms with Gasteiger partial charge in [-0.1, -0.05) is 12.1 Å². The molecule has 0 saturated carbocycles. The molecule has 0 bridgehead atoms. The molecule has 1 atom stereocenters. The minimum absolute atomic E-state index is 0.0186. The van der Waals surface area contributed by atoms with Crippen molar-refractivity contribution in [2.75, 3.05) is 13.6 Å². The molecule has 1 heterocycles. The van der Waals surface area contributed by atoms with E-state index in [1.807, 2.05) is 50.5 Å². The third-order valence-corrected chi connectivity index (χ3v) is 3.12. The summed E-state index contributed by atoms with van der Waals surface area (Å²) in [5.41, 5.74) is 2.06. The number of benzene rings is 1. The number of carbonyl (C=O) groups is 1. The standard InChI is InChI=1S/C15H20N4O/c1-12(18-15(20)7-9-16-2)13-5-3-6-14(11-13)19-10-4-8-17-19/h3-6,8,10-12,16H,7,9H2,1-2H3,(H,18,20). The van der Waals surface area contributed by atoms with Gasteiger partial charge in [0.25, 0.3) is 0 Å². The number of aromatic nitrogens is 2. The first-order valence-electron chi connectivity index (χ1n) is 6.74. The van der Waals surface area contributed by atoms with Gasteiger partial charge in [-0.25, -0.2) is 4.68 Å². The molecule has 20 heavy (non-hydrogen) atoms. The molecule has 1 aromatic heterocycles. The molecule has 0 spiro atoms. The summed E-state index contributed by atoms with van der Waals surface area (Å²) in [7, 11) is 1.84. The zero-order chi connectivity index (χ0) is 14.4. The maximum Gasteiger partial charge on any atom is 0.221 e. The van der Waals surface area contributed by atoms with Crippen LogP contribution in [0.25, 0.3) is 5.69 Å². The van der Waals surface area contributed by atoms with Crippen LogP contribution in [0.5, 0.6) is 0 Å². The fourth-order valence-electron chi connectivity index (χ4n) is 1.99. The molecule has 1 unspecified atom stereocenters. The Morgan fingerprint density at radius 1 is 1.40 bits per heavy atom. The summed E-state index contributed by atoms with van der Waals surface area (Å²) in [6.07, 6.45) is 4.13. The normalized spacial score (nSPS) is 12.1. The highest BCUT2D eigenvalue weighted by Crippen LogP contribution is 2.16. The van der Waals surface area contributed by atoms with Crippen LogP contribution < -0.4 is 10.6 Å². The van der Waals surface area contributed by atoms with Gasteiger partial charge in [0, 0.05) is 25.4 Å². The molecule has 0 saturated heterocycles. The first kappa shape index (κ1) is 14.3. The van der Waals surface area contributed by atoms with Gasteiger partial charge in [-0.3, -0.25) is 4.79 Å². The molecule has 2 rings (SSSR count). The van der Waals surface area contributed by atoms with Crippen molar-refractivity contribution < 1.29 is 4.79 Å². The van der Waals surface area contributed by atoms with Crippen LogP contribution in [0.15, 0.2) is 42.7 Å². The lowest BCUT2D eigenvalue weighted by molar-refractivity contribution is -0.121. The number of nitrogens with zero attached hydrogens (tertiary/aromatic N) is 2. The van der Waals surface area contributed by atoms with E-state index in [0.717, 1.165) is 11.3 Å². The van der Waals surface area contributed by atoms with E-state index in [-0.39, 0.29) is 11.9 Å². The Morgan fingerprint density at radius 2 is 2.25 bits per heavy atom. The van der Waals surface area contributed by atoms with E-state index in [1.54, 1.807) is 10.9 Å². The second kappa shape index (κ2) is 6.86. The maximum absolute atomic E-state index is 11.7. The van der Waals surface area contributed by atoms with E-state index in [9.17, 15) is 4.79 Å². The van der Waals surface area contributed by atoms with Crippen molar-refractivity contribution in [3.8, 4) is 5.69 Å². The maximum atomic E-state index is 11.7. The minimum Gasteiger partial charge on any atom is -0.350 e. The van der Waals surface area contributed by atoms with Crippen molar-refractivity contribution in [3.63, 3.8) is 0 Å². The Hall–Kier alpha value is -2.14. The van der Waals surface area contributed by atoms with E-state index in [2.05, 4.69) is 15.7 Å². The average molecular weight is 272 g/mol. The summed E-state index contributed by atoms with van der Waals surface area (Å²) in [5, 5.41) is 10.2. The van der Waals surface area contributed by atoms with E-state index >= 15 is 0 Å². The van der Waals surface area contributed by atoms with Crippen molar-refractivity contribution >= 4 is 5.91 Å². The number of nitrogens with one attached hydrogen (secondary N) is 2. The van der Waals surface area contributed by atoms with Gasteiger partial charge in [0.15, 0.2) is 0 Å². The Balaban J connectivity index is 2.05. The molecule has 0 aliphatic carbocycles. The molecular formula is C15H20N4O. The van der Waals surface area contributed by atoms with E-state index < -0.39 is 0 Å². The van der Waals surface area contributed by atoms with Crippen LogP contribution in [-0.4, -0.2) is 29.3 Å². The predicted octanol–water partition coefficient (Wildman–Crippen LogP) is 1.66. The van der Waals surface area contributed by atoms with Crippen LogP contribution in [0.2, 0.25) is 0 Å². The molecule has 1 amide bonds. The predicted molar refractivity (Wildman–Crippen MR) is 78.7 cm³/mol. The van der Waals surface area contributed by atoms with Crippen molar-refractivity contribution in [2.24, 2.45) is 0 Å². The first-order valence-corrected chi connectivity index (χ1v) is 6.74. The Labute approximate surface area is 119 Å². The monoisotopic (exact) mass is 272 g/mol. The van der Waals surface area contributed by atoms with Gasteiger partial charge in [-0.15, -0.1) is 0 Å². The van der Waals surface area contributed by atoms with Gasteiger partial charge in [-0.2, -0.15) is 5.10 Å². The highest BCUT2D eigenvalue weighted by atomic mass is 16.1. The smallest absolute Gasteiger partial charge is 0.221 e. The fourth-order valence-corrected chi connectivity index (χ4v) is 1.99. The Morgan fingerprint density at radius 3 is 2.95 bits per heavy atom. The van der Waals surface area contributed by atoms with Crippen molar-refractivity contribution in [1.82, 2.24) is 20.4 Å². The summed E-state index contributed by atoms with van der Waals surface area (Å²) < 4.78 is 1.80. The second-order valence-electron chi connectivity index (χ2n) is 4.69. The lowest BCUT2D eigenvalue weighted by Gasteiger charge is -2.15.